The predicted octanol–water partition coefficient (Wildman–Crippen LogP) is 3.75. The van der Waals surface area contributed by atoms with Crippen LogP contribution in [0.4, 0.5) is 0 Å². The molecular formula is C18H16N2O2S. The van der Waals surface area contributed by atoms with Gasteiger partial charge in [0.2, 0.25) is 0 Å². The number of nitrogens with one attached hydrogen (secondary N) is 1. The molecule has 0 spiro atoms. The Morgan fingerprint density at radius 1 is 1.22 bits per heavy atom. The summed E-state index contributed by atoms with van der Waals surface area (Å²) >= 11 is 1.60. The highest BCUT2D eigenvalue weighted by Crippen LogP contribution is 2.22. The largest absolute Gasteiger partial charge is 0.497 e. The number of amides is 1. The summed E-state index contributed by atoms with van der Waals surface area (Å²) in [7, 11) is 1.60. The molecule has 0 fully saturated rings. The van der Waals surface area contributed by atoms with Gasteiger partial charge in [-0.3, -0.25) is 4.79 Å². The molecule has 1 heterocycles. The number of aromatic nitrogens is 1. The lowest BCUT2D eigenvalue weighted by Gasteiger charge is -2.07. The minimum atomic E-state index is -0.104. The molecule has 0 atom stereocenters. The molecule has 3 aromatic rings. The summed E-state index contributed by atoms with van der Waals surface area (Å²) in [5.41, 5.74) is 2.72. The van der Waals surface area contributed by atoms with Gasteiger partial charge >= 0.3 is 0 Å². The molecule has 23 heavy (non-hydrogen) atoms. The summed E-state index contributed by atoms with van der Waals surface area (Å²) in [5.74, 6) is 0.630. The van der Waals surface area contributed by atoms with E-state index in [1.54, 1.807) is 48.9 Å². The van der Waals surface area contributed by atoms with Gasteiger partial charge in [-0.2, -0.15) is 0 Å². The fourth-order valence-electron chi connectivity index (χ4n) is 2.21. The third-order valence-corrected chi connectivity index (χ3v) is 4.23. The van der Waals surface area contributed by atoms with Crippen LogP contribution in [0.3, 0.4) is 0 Å². The van der Waals surface area contributed by atoms with Crippen LogP contribution >= 0.6 is 11.3 Å². The molecule has 0 radical (unpaired) electrons. The molecule has 3 rings (SSSR count). The maximum absolute atomic E-state index is 12.2. The average Bonchev–Trinajstić information content (AvgIpc) is 3.15. The van der Waals surface area contributed by atoms with Crippen LogP contribution in [0.5, 0.6) is 5.75 Å². The first-order valence-electron chi connectivity index (χ1n) is 7.17. The molecule has 116 valence electrons. The number of benzene rings is 2. The summed E-state index contributed by atoms with van der Waals surface area (Å²) in [6.07, 6.45) is 1.79. The minimum Gasteiger partial charge on any atom is -0.497 e. The van der Waals surface area contributed by atoms with E-state index in [-0.39, 0.29) is 5.91 Å². The topological polar surface area (TPSA) is 51.2 Å². The van der Waals surface area contributed by atoms with Crippen molar-refractivity contribution in [1.29, 1.82) is 0 Å². The van der Waals surface area contributed by atoms with Gasteiger partial charge < -0.3 is 10.1 Å². The van der Waals surface area contributed by atoms with E-state index in [1.165, 1.54) is 0 Å². The first-order valence-corrected chi connectivity index (χ1v) is 8.05. The maximum Gasteiger partial charge on any atom is 0.251 e. The molecule has 1 aromatic heterocycles. The highest BCUT2D eigenvalue weighted by Gasteiger charge is 2.06. The van der Waals surface area contributed by atoms with Crippen LogP contribution in [0.15, 0.2) is 60.1 Å². The number of methoxy groups -OCH3 is 1. The van der Waals surface area contributed by atoms with Gasteiger partial charge in [-0.05, 0) is 35.9 Å². The quantitative estimate of drug-likeness (QED) is 0.777. The van der Waals surface area contributed by atoms with E-state index in [0.29, 0.717) is 12.1 Å². The van der Waals surface area contributed by atoms with Crippen molar-refractivity contribution < 1.29 is 9.53 Å². The zero-order chi connectivity index (χ0) is 16.1. The fourth-order valence-corrected chi connectivity index (χ4v) is 2.84. The Hall–Kier alpha value is -2.66. The first-order chi connectivity index (χ1) is 11.3. The second kappa shape index (κ2) is 7.07. The van der Waals surface area contributed by atoms with Crippen LogP contribution in [-0.4, -0.2) is 18.0 Å². The van der Waals surface area contributed by atoms with Crippen molar-refractivity contribution in [2.45, 2.75) is 6.54 Å². The SMILES string of the molecule is COc1ccc(C(=O)NCc2cccc(-c3nccs3)c2)cc1. The van der Waals surface area contributed by atoms with Crippen molar-refractivity contribution in [2.24, 2.45) is 0 Å². The lowest BCUT2D eigenvalue weighted by Crippen LogP contribution is -2.22. The van der Waals surface area contributed by atoms with Gasteiger partial charge in [-0.1, -0.05) is 18.2 Å². The van der Waals surface area contributed by atoms with Gasteiger partial charge in [-0.25, -0.2) is 4.98 Å². The van der Waals surface area contributed by atoms with Crippen LogP contribution in [0, 0.1) is 0 Å². The molecule has 0 saturated carbocycles. The molecule has 0 aliphatic rings. The van der Waals surface area contributed by atoms with Crippen molar-refractivity contribution in [3.8, 4) is 16.3 Å². The zero-order valence-corrected chi connectivity index (χ0v) is 13.5. The van der Waals surface area contributed by atoms with Crippen LogP contribution in [0.1, 0.15) is 15.9 Å². The lowest BCUT2D eigenvalue weighted by molar-refractivity contribution is 0.0951. The number of hydrogen-bond acceptors (Lipinski definition) is 4. The monoisotopic (exact) mass is 324 g/mol. The fraction of sp³-hybridized carbons (Fsp3) is 0.111. The summed E-state index contributed by atoms with van der Waals surface area (Å²) in [5, 5.41) is 5.86. The van der Waals surface area contributed by atoms with Gasteiger partial charge in [0.15, 0.2) is 0 Å². The summed E-state index contributed by atoms with van der Waals surface area (Å²) in [6, 6.07) is 15.1. The molecule has 1 amide bonds. The molecule has 0 unspecified atom stereocenters. The zero-order valence-electron chi connectivity index (χ0n) is 12.7. The second-order valence-corrected chi connectivity index (χ2v) is 5.84. The third-order valence-electron chi connectivity index (χ3n) is 3.41. The van der Waals surface area contributed by atoms with Crippen LogP contribution in [-0.2, 0) is 6.54 Å². The molecule has 1 N–H and O–H groups in total. The van der Waals surface area contributed by atoms with E-state index in [2.05, 4.69) is 10.3 Å². The Morgan fingerprint density at radius 2 is 2.04 bits per heavy atom. The Kier molecular flexibility index (Phi) is 4.68. The van der Waals surface area contributed by atoms with E-state index in [0.717, 1.165) is 21.9 Å². The number of rotatable bonds is 5. The average molecular weight is 324 g/mol. The smallest absolute Gasteiger partial charge is 0.251 e. The van der Waals surface area contributed by atoms with Gasteiger partial charge in [0, 0.05) is 29.2 Å². The van der Waals surface area contributed by atoms with E-state index >= 15 is 0 Å². The van der Waals surface area contributed by atoms with Crippen molar-refractivity contribution in [3.05, 3.63) is 71.2 Å². The Morgan fingerprint density at radius 3 is 2.74 bits per heavy atom. The Balaban J connectivity index is 1.65. The Labute approximate surface area is 138 Å². The number of carbonyl (C=O) groups excluding carboxylic acids is 1. The van der Waals surface area contributed by atoms with Crippen molar-refractivity contribution in [1.82, 2.24) is 10.3 Å². The standard InChI is InChI=1S/C18H16N2O2S/c1-22-16-7-5-14(6-8-16)17(21)20-12-13-3-2-4-15(11-13)18-19-9-10-23-18/h2-11H,12H2,1H3,(H,20,21). The number of hydrogen-bond donors (Lipinski definition) is 1. The lowest BCUT2D eigenvalue weighted by atomic mass is 10.1. The molecule has 0 aliphatic carbocycles. The maximum atomic E-state index is 12.2. The van der Waals surface area contributed by atoms with Crippen LogP contribution in [0.25, 0.3) is 10.6 Å². The van der Waals surface area contributed by atoms with Crippen LogP contribution < -0.4 is 10.1 Å². The highest BCUT2D eigenvalue weighted by molar-refractivity contribution is 7.13. The van der Waals surface area contributed by atoms with Gasteiger partial charge in [-0.15, -0.1) is 11.3 Å². The van der Waals surface area contributed by atoms with Crippen molar-refractivity contribution >= 4 is 17.2 Å². The van der Waals surface area contributed by atoms with Gasteiger partial charge in [0.25, 0.3) is 5.91 Å². The van der Waals surface area contributed by atoms with Crippen molar-refractivity contribution in [3.63, 3.8) is 0 Å². The normalized spacial score (nSPS) is 10.3. The first kappa shape index (κ1) is 15.2. The predicted molar refractivity (Wildman–Crippen MR) is 91.7 cm³/mol. The van der Waals surface area contributed by atoms with E-state index in [4.69, 9.17) is 4.74 Å². The summed E-state index contributed by atoms with van der Waals surface area (Å²) in [4.78, 5) is 16.5. The van der Waals surface area contributed by atoms with E-state index in [1.807, 2.05) is 29.6 Å². The third kappa shape index (κ3) is 3.76. The Bertz CT molecular complexity index is 783. The van der Waals surface area contributed by atoms with E-state index in [9.17, 15) is 4.79 Å². The molecule has 4 nitrogen and oxygen atoms in total. The number of carbonyl (C=O) groups is 1. The minimum absolute atomic E-state index is 0.104. The molecular weight excluding hydrogens is 308 g/mol. The molecule has 0 aliphatic heterocycles. The van der Waals surface area contributed by atoms with Gasteiger partial charge in [0.05, 0.1) is 7.11 Å². The molecule has 2 aromatic carbocycles. The highest BCUT2D eigenvalue weighted by atomic mass is 32.1. The van der Waals surface area contributed by atoms with E-state index < -0.39 is 0 Å². The summed E-state index contributed by atoms with van der Waals surface area (Å²) in [6.45, 7) is 0.476. The second-order valence-electron chi connectivity index (χ2n) is 4.95. The molecule has 0 saturated heterocycles. The molecule has 0 bridgehead atoms. The summed E-state index contributed by atoms with van der Waals surface area (Å²) < 4.78 is 5.09. The van der Waals surface area contributed by atoms with Gasteiger partial charge in [0.1, 0.15) is 10.8 Å². The van der Waals surface area contributed by atoms with Crippen molar-refractivity contribution in [2.75, 3.05) is 7.11 Å². The number of ether oxygens (including phenoxy) is 1. The number of thiazole rings is 1. The molecule has 5 heteroatoms. The number of nitrogens with zero attached hydrogens (tertiary/aromatic N) is 1. The van der Waals surface area contributed by atoms with Crippen LogP contribution in [0.2, 0.25) is 0 Å².